The zero-order chi connectivity index (χ0) is 9.52. The first-order valence-electron chi connectivity index (χ1n) is 4.44. The summed E-state index contributed by atoms with van der Waals surface area (Å²) in [6.45, 7) is 2.88. The van der Waals surface area contributed by atoms with Crippen molar-refractivity contribution in [2.75, 3.05) is 11.9 Å². The topological polar surface area (TPSA) is 37.8 Å². The number of nitrogens with one attached hydrogen (secondary N) is 1. The lowest BCUT2D eigenvalue weighted by Crippen LogP contribution is -2.06. The maximum absolute atomic E-state index is 5.80. The lowest BCUT2D eigenvalue weighted by atomic mass is 10.2. The molecule has 1 N–H and O–H groups in total. The molecule has 4 heteroatoms. The molecule has 0 spiro atoms. The van der Waals surface area contributed by atoms with Gasteiger partial charge in [-0.05, 0) is 25.8 Å². The second kappa shape index (κ2) is 5.75. The van der Waals surface area contributed by atoms with Gasteiger partial charge in [0.15, 0.2) is 0 Å². The van der Waals surface area contributed by atoms with Crippen LogP contribution in [0.3, 0.4) is 0 Å². The third-order valence-electron chi connectivity index (χ3n) is 1.63. The van der Waals surface area contributed by atoms with E-state index in [4.69, 9.17) is 11.6 Å². The number of anilines is 1. The van der Waals surface area contributed by atoms with Crippen molar-refractivity contribution in [1.82, 2.24) is 9.97 Å². The minimum Gasteiger partial charge on any atom is -0.354 e. The first kappa shape index (κ1) is 10.3. The van der Waals surface area contributed by atoms with E-state index in [2.05, 4.69) is 15.3 Å². The largest absolute Gasteiger partial charge is 0.354 e. The molecule has 0 amide bonds. The maximum atomic E-state index is 5.80. The SMILES string of the molecule is CC(Cl)CCCNc1ncccn1. The summed E-state index contributed by atoms with van der Waals surface area (Å²) in [5, 5.41) is 3.37. The van der Waals surface area contributed by atoms with Crippen molar-refractivity contribution in [2.45, 2.75) is 25.1 Å². The molecule has 0 saturated heterocycles. The highest BCUT2D eigenvalue weighted by molar-refractivity contribution is 6.20. The van der Waals surface area contributed by atoms with E-state index < -0.39 is 0 Å². The van der Waals surface area contributed by atoms with E-state index in [1.54, 1.807) is 18.5 Å². The average Bonchev–Trinajstić information content (AvgIpc) is 2.14. The van der Waals surface area contributed by atoms with Crippen molar-refractivity contribution < 1.29 is 0 Å². The molecule has 0 fully saturated rings. The molecule has 1 heterocycles. The number of halogens is 1. The number of alkyl halides is 1. The molecule has 1 atom stereocenters. The molecule has 1 unspecified atom stereocenters. The van der Waals surface area contributed by atoms with Gasteiger partial charge in [-0.3, -0.25) is 0 Å². The predicted molar refractivity (Wildman–Crippen MR) is 55.1 cm³/mol. The zero-order valence-corrected chi connectivity index (χ0v) is 8.46. The summed E-state index contributed by atoms with van der Waals surface area (Å²) in [4.78, 5) is 8.08. The Kier molecular flexibility index (Phi) is 4.54. The summed E-state index contributed by atoms with van der Waals surface area (Å²) in [5.74, 6) is 0.685. The van der Waals surface area contributed by atoms with E-state index in [0.29, 0.717) is 5.95 Å². The van der Waals surface area contributed by atoms with Gasteiger partial charge in [-0.15, -0.1) is 11.6 Å². The van der Waals surface area contributed by atoms with Crippen molar-refractivity contribution in [3.63, 3.8) is 0 Å². The van der Waals surface area contributed by atoms with Crippen molar-refractivity contribution in [3.05, 3.63) is 18.5 Å². The molecule has 0 radical (unpaired) electrons. The quantitative estimate of drug-likeness (QED) is 0.584. The van der Waals surface area contributed by atoms with Gasteiger partial charge in [-0.25, -0.2) is 9.97 Å². The van der Waals surface area contributed by atoms with E-state index in [1.165, 1.54) is 0 Å². The number of rotatable bonds is 5. The van der Waals surface area contributed by atoms with Crippen LogP contribution in [0.25, 0.3) is 0 Å². The van der Waals surface area contributed by atoms with Gasteiger partial charge in [0.2, 0.25) is 5.95 Å². The van der Waals surface area contributed by atoms with Crippen LogP contribution in [0.4, 0.5) is 5.95 Å². The normalized spacial score (nSPS) is 12.5. The van der Waals surface area contributed by atoms with Crippen LogP contribution in [-0.2, 0) is 0 Å². The summed E-state index contributed by atoms with van der Waals surface area (Å²) >= 11 is 5.80. The first-order chi connectivity index (χ1) is 6.29. The Hall–Kier alpha value is -0.830. The number of hydrogen-bond donors (Lipinski definition) is 1. The van der Waals surface area contributed by atoms with Crippen LogP contribution < -0.4 is 5.32 Å². The molecule has 0 aromatic carbocycles. The van der Waals surface area contributed by atoms with Crippen LogP contribution in [-0.4, -0.2) is 21.9 Å². The fourth-order valence-electron chi connectivity index (χ4n) is 0.974. The van der Waals surface area contributed by atoms with Crippen LogP contribution >= 0.6 is 11.6 Å². The lowest BCUT2D eigenvalue weighted by molar-refractivity contribution is 0.747. The van der Waals surface area contributed by atoms with Gasteiger partial charge < -0.3 is 5.32 Å². The molecular formula is C9H14ClN3. The van der Waals surface area contributed by atoms with Gasteiger partial charge in [-0.2, -0.15) is 0 Å². The Balaban J connectivity index is 2.13. The van der Waals surface area contributed by atoms with E-state index in [1.807, 2.05) is 6.92 Å². The van der Waals surface area contributed by atoms with Crippen molar-refractivity contribution in [1.29, 1.82) is 0 Å². The highest BCUT2D eigenvalue weighted by Gasteiger charge is 1.96. The summed E-state index contributed by atoms with van der Waals surface area (Å²) < 4.78 is 0. The van der Waals surface area contributed by atoms with Crippen molar-refractivity contribution in [3.8, 4) is 0 Å². The highest BCUT2D eigenvalue weighted by Crippen LogP contribution is 2.03. The molecule has 3 nitrogen and oxygen atoms in total. The summed E-state index contributed by atoms with van der Waals surface area (Å²) in [7, 11) is 0. The van der Waals surface area contributed by atoms with Gasteiger partial charge in [-0.1, -0.05) is 0 Å². The second-order valence-corrected chi connectivity index (χ2v) is 3.67. The Morgan fingerprint density at radius 2 is 2.15 bits per heavy atom. The van der Waals surface area contributed by atoms with Crippen LogP contribution in [0.1, 0.15) is 19.8 Å². The van der Waals surface area contributed by atoms with Crippen LogP contribution in [0.15, 0.2) is 18.5 Å². The molecule has 0 aliphatic heterocycles. The van der Waals surface area contributed by atoms with Crippen LogP contribution in [0.5, 0.6) is 0 Å². The standard InChI is InChI=1S/C9H14ClN3/c1-8(10)4-2-5-11-9-12-6-3-7-13-9/h3,6-8H,2,4-5H2,1H3,(H,11,12,13). The van der Waals surface area contributed by atoms with Gasteiger partial charge in [0.05, 0.1) is 0 Å². The summed E-state index contributed by atoms with van der Waals surface area (Å²) in [6.07, 6.45) is 5.50. The Morgan fingerprint density at radius 1 is 1.46 bits per heavy atom. The third kappa shape index (κ3) is 4.68. The Labute approximate surface area is 83.5 Å². The molecule has 0 saturated carbocycles. The predicted octanol–water partition coefficient (Wildman–Crippen LogP) is 2.30. The van der Waals surface area contributed by atoms with Gasteiger partial charge in [0.25, 0.3) is 0 Å². The molecular weight excluding hydrogens is 186 g/mol. The van der Waals surface area contributed by atoms with Crippen molar-refractivity contribution >= 4 is 17.5 Å². The Morgan fingerprint density at radius 3 is 2.77 bits per heavy atom. The maximum Gasteiger partial charge on any atom is 0.222 e. The van der Waals surface area contributed by atoms with Gasteiger partial charge in [0.1, 0.15) is 0 Å². The van der Waals surface area contributed by atoms with E-state index >= 15 is 0 Å². The van der Waals surface area contributed by atoms with E-state index in [-0.39, 0.29) is 5.38 Å². The van der Waals surface area contributed by atoms with Crippen LogP contribution in [0, 0.1) is 0 Å². The highest BCUT2D eigenvalue weighted by atomic mass is 35.5. The first-order valence-corrected chi connectivity index (χ1v) is 4.87. The Bertz CT molecular complexity index is 226. The van der Waals surface area contributed by atoms with E-state index in [9.17, 15) is 0 Å². The summed E-state index contributed by atoms with van der Waals surface area (Å²) in [5.41, 5.74) is 0. The van der Waals surface area contributed by atoms with Gasteiger partial charge in [0, 0.05) is 24.3 Å². The minimum absolute atomic E-state index is 0.249. The smallest absolute Gasteiger partial charge is 0.222 e. The van der Waals surface area contributed by atoms with Crippen LogP contribution in [0.2, 0.25) is 0 Å². The third-order valence-corrected chi connectivity index (χ3v) is 1.85. The fraction of sp³-hybridized carbons (Fsp3) is 0.556. The number of hydrogen-bond acceptors (Lipinski definition) is 3. The molecule has 1 aromatic heterocycles. The number of aromatic nitrogens is 2. The molecule has 13 heavy (non-hydrogen) atoms. The van der Waals surface area contributed by atoms with Gasteiger partial charge >= 0.3 is 0 Å². The second-order valence-electron chi connectivity index (χ2n) is 2.92. The van der Waals surface area contributed by atoms with E-state index in [0.717, 1.165) is 19.4 Å². The monoisotopic (exact) mass is 199 g/mol. The lowest BCUT2D eigenvalue weighted by Gasteiger charge is -2.04. The minimum atomic E-state index is 0.249. The molecule has 0 aliphatic rings. The summed E-state index contributed by atoms with van der Waals surface area (Å²) in [6, 6.07) is 1.80. The molecule has 0 aliphatic carbocycles. The molecule has 1 rings (SSSR count). The number of nitrogens with zero attached hydrogens (tertiary/aromatic N) is 2. The fourth-order valence-corrected chi connectivity index (χ4v) is 1.13. The van der Waals surface area contributed by atoms with Crippen molar-refractivity contribution in [2.24, 2.45) is 0 Å². The molecule has 72 valence electrons. The molecule has 1 aromatic rings. The molecule has 0 bridgehead atoms. The zero-order valence-electron chi connectivity index (χ0n) is 7.70. The average molecular weight is 200 g/mol.